The fourth-order valence-electron chi connectivity index (χ4n) is 3.47. The van der Waals surface area contributed by atoms with Crippen LogP contribution in [-0.2, 0) is 6.42 Å². The monoisotopic (exact) mass is 441 g/mol. The number of nitrogens with one attached hydrogen (secondary N) is 1. The van der Waals surface area contributed by atoms with Crippen LogP contribution in [0.5, 0.6) is 0 Å². The van der Waals surface area contributed by atoms with Crippen LogP contribution in [0.4, 0.5) is 15.6 Å². The molecule has 4 rings (SSSR count). The molecule has 0 aliphatic carbocycles. The van der Waals surface area contributed by atoms with Crippen molar-refractivity contribution in [3.63, 3.8) is 0 Å². The number of amides is 2. The Hall–Kier alpha value is -2.64. The summed E-state index contributed by atoms with van der Waals surface area (Å²) >= 11 is 7.37. The Kier molecular flexibility index (Phi) is 6.50. The summed E-state index contributed by atoms with van der Waals surface area (Å²) in [5.41, 5.74) is 3.09. The van der Waals surface area contributed by atoms with E-state index in [4.69, 9.17) is 16.6 Å². The van der Waals surface area contributed by atoms with E-state index in [-0.39, 0.29) is 6.03 Å². The Labute approximate surface area is 185 Å². The van der Waals surface area contributed by atoms with Gasteiger partial charge >= 0.3 is 6.03 Å². The fraction of sp³-hybridized carbons (Fsp3) is 0.318. The van der Waals surface area contributed by atoms with E-state index in [0.717, 1.165) is 58.8 Å². The average molecular weight is 442 g/mol. The molecule has 0 saturated carbocycles. The summed E-state index contributed by atoms with van der Waals surface area (Å²) in [5, 5.41) is 4.65. The van der Waals surface area contributed by atoms with E-state index in [2.05, 4.69) is 14.6 Å². The Bertz CT molecular complexity index is 1010. The van der Waals surface area contributed by atoms with E-state index in [1.165, 1.54) is 11.5 Å². The van der Waals surface area contributed by atoms with Crippen molar-refractivity contribution in [3.8, 4) is 0 Å². The van der Waals surface area contributed by atoms with Crippen molar-refractivity contribution in [3.05, 3.63) is 70.5 Å². The van der Waals surface area contributed by atoms with Crippen molar-refractivity contribution in [2.24, 2.45) is 0 Å². The smallest absolute Gasteiger partial charge is 0.321 e. The van der Waals surface area contributed by atoms with Gasteiger partial charge in [0.1, 0.15) is 5.82 Å². The van der Waals surface area contributed by atoms with Gasteiger partial charge in [0.15, 0.2) is 0 Å². The third-order valence-corrected chi connectivity index (χ3v) is 6.12. The number of hydrogen-bond acceptors (Lipinski definition) is 5. The molecule has 30 heavy (non-hydrogen) atoms. The van der Waals surface area contributed by atoms with Crippen LogP contribution in [-0.4, -0.2) is 46.5 Å². The third-order valence-electron chi connectivity index (χ3n) is 5.06. The van der Waals surface area contributed by atoms with Gasteiger partial charge in [-0.15, -0.1) is 0 Å². The lowest BCUT2D eigenvalue weighted by molar-refractivity contribution is 0.215. The first-order valence-electron chi connectivity index (χ1n) is 10.0. The van der Waals surface area contributed by atoms with E-state index >= 15 is 0 Å². The zero-order chi connectivity index (χ0) is 20.9. The quantitative estimate of drug-likeness (QED) is 0.629. The number of carbonyl (C=O) groups excluding carboxylic acids is 1. The second-order valence-electron chi connectivity index (χ2n) is 7.42. The summed E-state index contributed by atoms with van der Waals surface area (Å²) in [4.78, 5) is 21.5. The summed E-state index contributed by atoms with van der Waals surface area (Å²) in [7, 11) is 0. The van der Waals surface area contributed by atoms with Gasteiger partial charge in [0.2, 0.25) is 5.13 Å². The Morgan fingerprint density at radius 2 is 1.97 bits per heavy atom. The summed E-state index contributed by atoms with van der Waals surface area (Å²) < 4.78 is 4.52. The number of urea groups is 1. The van der Waals surface area contributed by atoms with Crippen LogP contribution < -0.4 is 10.2 Å². The molecule has 1 fully saturated rings. The van der Waals surface area contributed by atoms with Crippen LogP contribution in [0.3, 0.4) is 0 Å². The number of aryl methyl sites for hydroxylation is 1. The molecule has 6 nitrogen and oxygen atoms in total. The van der Waals surface area contributed by atoms with E-state index in [1.54, 1.807) is 0 Å². The van der Waals surface area contributed by atoms with Gasteiger partial charge in [-0.3, -0.25) is 0 Å². The minimum Gasteiger partial charge on any atom is -0.345 e. The lowest BCUT2D eigenvalue weighted by Crippen LogP contribution is -2.38. The van der Waals surface area contributed by atoms with Crippen molar-refractivity contribution >= 4 is 40.0 Å². The van der Waals surface area contributed by atoms with Crippen molar-refractivity contribution < 1.29 is 4.79 Å². The van der Waals surface area contributed by atoms with Gasteiger partial charge in [0.05, 0.1) is 0 Å². The molecule has 1 aromatic heterocycles. The first-order valence-corrected chi connectivity index (χ1v) is 11.2. The highest BCUT2D eigenvalue weighted by atomic mass is 35.5. The summed E-state index contributed by atoms with van der Waals surface area (Å²) in [6, 6.07) is 15.6. The second-order valence-corrected chi connectivity index (χ2v) is 8.59. The van der Waals surface area contributed by atoms with Gasteiger partial charge in [-0.2, -0.15) is 4.37 Å². The summed E-state index contributed by atoms with van der Waals surface area (Å²) in [5.74, 6) is 0.815. The molecule has 3 aromatic rings. The van der Waals surface area contributed by atoms with Crippen LogP contribution in [0.15, 0.2) is 48.5 Å². The highest BCUT2D eigenvalue weighted by Crippen LogP contribution is 2.21. The molecule has 0 atom stereocenters. The van der Waals surface area contributed by atoms with Crippen LogP contribution in [0.1, 0.15) is 23.4 Å². The predicted molar refractivity (Wildman–Crippen MR) is 123 cm³/mol. The van der Waals surface area contributed by atoms with Crippen molar-refractivity contribution in [2.45, 2.75) is 19.8 Å². The van der Waals surface area contributed by atoms with E-state index in [9.17, 15) is 4.79 Å². The van der Waals surface area contributed by atoms with Gasteiger partial charge in [0, 0.05) is 54.8 Å². The van der Waals surface area contributed by atoms with Gasteiger partial charge in [-0.25, -0.2) is 9.78 Å². The minimum atomic E-state index is -0.0526. The number of halogens is 1. The molecule has 2 amide bonds. The number of benzene rings is 2. The molecular weight excluding hydrogens is 418 g/mol. The van der Waals surface area contributed by atoms with Crippen LogP contribution in [0, 0.1) is 6.92 Å². The van der Waals surface area contributed by atoms with E-state index in [1.807, 2.05) is 60.4 Å². The van der Waals surface area contributed by atoms with Crippen LogP contribution in [0.2, 0.25) is 5.02 Å². The Balaban J connectivity index is 1.34. The molecule has 2 heterocycles. The maximum Gasteiger partial charge on any atom is 0.321 e. The van der Waals surface area contributed by atoms with Gasteiger partial charge in [-0.05, 0) is 48.7 Å². The molecular formula is C22H24ClN5OS. The van der Waals surface area contributed by atoms with E-state index in [0.29, 0.717) is 13.0 Å². The zero-order valence-corrected chi connectivity index (χ0v) is 18.4. The van der Waals surface area contributed by atoms with Gasteiger partial charge < -0.3 is 15.1 Å². The number of rotatable bonds is 4. The number of nitrogens with zero attached hydrogens (tertiary/aromatic N) is 4. The zero-order valence-electron chi connectivity index (χ0n) is 16.8. The molecule has 0 unspecified atom stereocenters. The van der Waals surface area contributed by atoms with E-state index < -0.39 is 0 Å². The van der Waals surface area contributed by atoms with Crippen LogP contribution in [0.25, 0.3) is 0 Å². The topological polar surface area (TPSA) is 61.4 Å². The number of carbonyl (C=O) groups is 1. The standard InChI is InChI=1S/C22H24ClN5OS/c1-16-4-2-5-19(14-16)24-21(29)27-10-3-11-28(13-12-27)22-25-20(26-30-22)15-17-6-8-18(23)9-7-17/h2,4-9,14H,3,10-13,15H2,1H3,(H,24,29). The predicted octanol–water partition coefficient (Wildman–Crippen LogP) is 4.83. The molecule has 0 radical (unpaired) electrons. The lowest BCUT2D eigenvalue weighted by Gasteiger charge is -2.22. The van der Waals surface area contributed by atoms with Crippen molar-refractivity contribution in [1.82, 2.24) is 14.3 Å². The molecule has 1 aliphatic heterocycles. The number of aromatic nitrogens is 2. The maximum atomic E-state index is 12.7. The molecule has 156 valence electrons. The lowest BCUT2D eigenvalue weighted by atomic mass is 10.1. The third kappa shape index (κ3) is 5.29. The van der Waals surface area contributed by atoms with Crippen LogP contribution >= 0.6 is 23.1 Å². The highest BCUT2D eigenvalue weighted by Gasteiger charge is 2.21. The molecule has 0 spiro atoms. The fourth-order valence-corrected chi connectivity index (χ4v) is 4.33. The maximum absolute atomic E-state index is 12.7. The molecule has 1 saturated heterocycles. The SMILES string of the molecule is Cc1cccc(NC(=O)N2CCCN(c3nc(Cc4ccc(Cl)cc4)ns3)CC2)c1. The second kappa shape index (κ2) is 9.45. The Morgan fingerprint density at radius 3 is 2.77 bits per heavy atom. The minimum absolute atomic E-state index is 0.0526. The molecule has 0 bridgehead atoms. The summed E-state index contributed by atoms with van der Waals surface area (Å²) in [6.45, 7) is 5.01. The molecule has 1 N–H and O–H groups in total. The first kappa shape index (κ1) is 20.6. The van der Waals surface area contributed by atoms with Crippen molar-refractivity contribution in [2.75, 3.05) is 36.4 Å². The normalized spacial score (nSPS) is 14.5. The molecule has 8 heteroatoms. The molecule has 1 aliphatic rings. The van der Waals surface area contributed by atoms with Crippen molar-refractivity contribution in [1.29, 1.82) is 0 Å². The first-order chi connectivity index (χ1) is 14.6. The summed E-state index contributed by atoms with van der Waals surface area (Å²) in [6.07, 6.45) is 1.58. The molecule has 2 aromatic carbocycles. The largest absolute Gasteiger partial charge is 0.345 e. The Morgan fingerprint density at radius 1 is 1.13 bits per heavy atom. The van der Waals surface area contributed by atoms with Gasteiger partial charge in [0.25, 0.3) is 0 Å². The number of anilines is 2. The number of hydrogen-bond donors (Lipinski definition) is 1. The highest BCUT2D eigenvalue weighted by molar-refractivity contribution is 7.09. The average Bonchev–Trinajstić information content (AvgIpc) is 3.04. The van der Waals surface area contributed by atoms with Gasteiger partial charge in [-0.1, -0.05) is 35.9 Å².